The Morgan fingerprint density at radius 1 is 0.789 bits per heavy atom. The Hall–Kier alpha value is -3.98. The summed E-state index contributed by atoms with van der Waals surface area (Å²) in [5.74, 6) is -1.71. The van der Waals surface area contributed by atoms with E-state index in [1.807, 2.05) is 36.4 Å². The smallest absolute Gasteiger partial charge is 0.262 e. The number of fused-ring (bicyclic) bond motifs is 3. The highest BCUT2D eigenvalue weighted by Crippen LogP contribution is 2.43. The zero-order valence-electron chi connectivity index (χ0n) is 20.6. The molecule has 1 saturated carbocycles. The largest absolute Gasteiger partial charge is 0.399 e. The van der Waals surface area contributed by atoms with Gasteiger partial charge >= 0.3 is 0 Å². The highest BCUT2D eigenvalue weighted by Gasteiger charge is 2.46. The van der Waals surface area contributed by atoms with E-state index in [9.17, 15) is 19.2 Å². The van der Waals surface area contributed by atoms with Gasteiger partial charge in [0.25, 0.3) is 11.8 Å². The molecular weight excluding hydrogens is 548 g/mol. The molecule has 1 fully saturated rings. The van der Waals surface area contributed by atoms with Gasteiger partial charge in [-0.3, -0.25) is 24.1 Å². The first-order chi connectivity index (χ1) is 17.9. The monoisotopic (exact) mass is 574 g/mol. The van der Waals surface area contributed by atoms with Crippen LogP contribution in [0.1, 0.15) is 45.5 Å². The Kier molecular flexibility index (Phi) is 6.79. The highest BCUT2D eigenvalue weighted by atomic mass is 79.9. The average Bonchev–Trinajstić information content (AvgIpc) is 3.46. The number of anilines is 3. The van der Waals surface area contributed by atoms with Crippen LogP contribution in [0.25, 0.3) is 0 Å². The Morgan fingerprint density at radius 3 is 2.05 bits per heavy atom. The fourth-order valence-corrected chi connectivity index (χ4v) is 5.81. The molecule has 3 aliphatic rings. The van der Waals surface area contributed by atoms with Crippen molar-refractivity contribution in [2.75, 3.05) is 22.1 Å². The van der Waals surface area contributed by atoms with E-state index >= 15 is 0 Å². The van der Waals surface area contributed by atoms with Crippen molar-refractivity contribution in [1.29, 1.82) is 0 Å². The van der Waals surface area contributed by atoms with Crippen LogP contribution in [0.3, 0.4) is 0 Å². The van der Waals surface area contributed by atoms with Crippen LogP contribution in [-0.2, 0) is 16.1 Å². The third-order valence-corrected chi connectivity index (χ3v) is 7.59. The lowest BCUT2D eigenvalue weighted by atomic mass is 10.0. The second kappa shape index (κ2) is 10.1. The van der Waals surface area contributed by atoms with Crippen LogP contribution in [0.4, 0.5) is 17.1 Å². The summed E-state index contributed by atoms with van der Waals surface area (Å²) in [7, 11) is 0. The van der Waals surface area contributed by atoms with Crippen LogP contribution < -0.4 is 15.5 Å². The van der Waals surface area contributed by atoms with Crippen molar-refractivity contribution in [2.45, 2.75) is 31.8 Å². The molecule has 0 saturated heterocycles. The van der Waals surface area contributed by atoms with Crippen LogP contribution in [-0.4, -0.2) is 41.1 Å². The van der Waals surface area contributed by atoms with Gasteiger partial charge in [0.2, 0.25) is 11.8 Å². The minimum Gasteiger partial charge on any atom is -0.399 e. The number of nitrogens with two attached hydrogens (primary N) is 1. The SMILES string of the molecule is Br.Nc1ccc(CN2C(=O)[C@H]3CCC[C@H]3N(C(=O)CN3C(=O)c4ccccc4C3=O)c3ccccc32)cc1. The maximum absolute atomic E-state index is 13.9. The zero-order chi connectivity index (χ0) is 25.7. The molecule has 0 unspecified atom stereocenters. The molecule has 0 spiro atoms. The Labute approximate surface area is 230 Å². The van der Waals surface area contributed by atoms with Gasteiger partial charge in [0.05, 0.1) is 35.0 Å². The van der Waals surface area contributed by atoms with Gasteiger partial charge in [-0.2, -0.15) is 0 Å². The number of benzene rings is 3. The molecule has 9 heteroatoms. The molecule has 6 rings (SSSR count). The van der Waals surface area contributed by atoms with E-state index in [0.717, 1.165) is 16.9 Å². The lowest BCUT2D eigenvalue weighted by Crippen LogP contribution is -2.49. The standard InChI is InChI=1S/C29H26N4O4.BrH/c30-19-14-12-18(13-15-19)16-31-24-9-3-4-10-25(24)33(23-11-5-8-22(23)29(31)37)26(34)17-32-27(35)20-6-1-2-7-21(20)28(32)36;/h1-4,6-7,9-10,12-15,22-23H,5,8,11,16-17,30H2;1H/t22-,23+;/m0./s1. The van der Waals surface area contributed by atoms with Gasteiger partial charge in [-0.1, -0.05) is 42.8 Å². The molecule has 3 aromatic rings. The minimum absolute atomic E-state index is 0. The van der Waals surface area contributed by atoms with Gasteiger partial charge in [-0.05, 0) is 54.8 Å². The first-order valence-corrected chi connectivity index (χ1v) is 12.5. The molecule has 2 atom stereocenters. The van der Waals surface area contributed by atoms with Crippen LogP contribution in [0.5, 0.6) is 0 Å². The molecule has 3 aromatic carbocycles. The van der Waals surface area contributed by atoms with E-state index in [1.54, 1.807) is 46.2 Å². The predicted octanol–water partition coefficient (Wildman–Crippen LogP) is 4.19. The van der Waals surface area contributed by atoms with Crippen LogP contribution >= 0.6 is 17.0 Å². The van der Waals surface area contributed by atoms with Gasteiger partial charge in [0, 0.05) is 11.7 Å². The van der Waals surface area contributed by atoms with Gasteiger partial charge in [-0.25, -0.2) is 0 Å². The Bertz CT molecular complexity index is 1410. The number of carbonyl (C=O) groups excluding carboxylic acids is 4. The number of carbonyl (C=O) groups is 4. The topological polar surface area (TPSA) is 104 Å². The van der Waals surface area contributed by atoms with Gasteiger partial charge in [0.15, 0.2) is 0 Å². The molecule has 2 N–H and O–H groups in total. The average molecular weight is 575 g/mol. The second-order valence-corrected chi connectivity index (χ2v) is 9.77. The Balaban J connectivity index is 0.00000294. The normalized spacial score (nSPS) is 20.0. The zero-order valence-corrected chi connectivity index (χ0v) is 22.3. The third-order valence-electron chi connectivity index (χ3n) is 7.59. The molecule has 0 radical (unpaired) electrons. The molecule has 0 aromatic heterocycles. The molecule has 194 valence electrons. The van der Waals surface area contributed by atoms with Crippen LogP contribution in [0.15, 0.2) is 72.8 Å². The predicted molar refractivity (Wildman–Crippen MR) is 149 cm³/mol. The highest BCUT2D eigenvalue weighted by molar-refractivity contribution is 8.93. The molecule has 8 nitrogen and oxygen atoms in total. The number of nitrogens with zero attached hydrogens (tertiary/aromatic N) is 3. The molecule has 1 aliphatic carbocycles. The maximum Gasteiger partial charge on any atom is 0.262 e. The van der Waals surface area contributed by atoms with Gasteiger partial charge in [0.1, 0.15) is 6.54 Å². The number of halogens is 1. The van der Waals surface area contributed by atoms with Crippen molar-refractivity contribution >= 4 is 57.7 Å². The second-order valence-electron chi connectivity index (χ2n) is 9.77. The van der Waals surface area contributed by atoms with Gasteiger partial charge in [-0.15, -0.1) is 17.0 Å². The fourth-order valence-electron chi connectivity index (χ4n) is 5.81. The lowest BCUT2D eigenvalue weighted by molar-refractivity contribution is -0.123. The number of amides is 4. The van der Waals surface area contributed by atoms with E-state index in [2.05, 4.69) is 0 Å². The maximum atomic E-state index is 13.9. The number of rotatable bonds is 4. The number of hydrogen-bond acceptors (Lipinski definition) is 5. The van der Waals surface area contributed by atoms with E-state index in [-0.39, 0.29) is 47.3 Å². The minimum atomic E-state index is -0.471. The summed E-state index contributed by atoms with van der Waals surface area (Å²) >= 11 is 0. The molecular formula is C29H27BrN4O4. The van der Waals surface area contributed by atoms with Gasteiger partial charge < -0.3 is 15.5 Å². The van der Waals surface area contributed by atoms with Crippen molar-refractivity contribution in [3.63, 3.8) is 0 Å². The first-order valence-electron chi connectivity index (χ1n) is 12.5. The summed E-state index contributed by atoms with van der Waals surface area (Å²) in [6, 6.07) is 21.0. The quantitative estimate of drug-likeness (QED) is 0.371. The summed E-state index contributed by atoms with van der Waals surface area (Å²) in [4.78, 5) is 58.1. The summed E-state index contributed by atoms with van der Waals surface area (Å²) in [5.41, 5.74) is 9.28. The first kappa shape index (κ1) is 25.7. The summed E-state index contributed by atoms with van der Waals surface area (Å²) < 4.78 is 0. The van der Waals surface area contributed by atoms with E-state index in [4.69, 9.17) is 5.73 Å². The fraction of sp³-hybridized carbons (Fsp3) is 0.241. The summed E-state index contributed by atoms with van der Waals surface area (Å²) in [5, 5.41) is 0. The van der Waals surface area contributed by atoms with E-state index in [0.29, 0.717) is 47.6 Å². The number of imide groups is 1. The van der Waals surface area contributed by atoms with Crippen molar-refractivity contribution < 1.29 is 19.2 Å². The van der Waals surface area contributed by atoms with E-state index < -0.39 is 11.8 Å². The lowest BCUT2D eigenvalue weighted by Gasteiger charge is -2.31. The van der Waals surface area contributed by atoms with Crippen molar-refractivity contribution in [2.24, 2.45) is 5.92 Å². The van der Waals surface area contributed by atoms with Crippen molar-refractivity contribution in [3.05, 3.63) is 89.5 Å². The molecule has 2 aliphatic heterocycles. The van der Waals surface area contributed by atoms with Crippen LogP contribution in [0, 0.1) is 5.92 Å². The molecule has 38 heavy (non-hydrogen) atoms. The number of hydrogen-bond donors (Lipinski definition) is 1. The number of para-hydroxylation sites is 2. The van der Waals surface area contributed by atoms with E-state index in [1.165, 1.54) is 0 Å². The third kappa shape index (κ3) is 4.16. The summed E-state index contributed by atoms with van der Waals surface area (Å²) in [6.45, 7) is -0.0319. The van der Waals surface area contributed by atoms with Crippen molar-refractivity contribution in [3.8, 4) is 0 Å². The molecule has 2 heterocycles. The molecule has 4 amide bonds. The number of nitrogen functional groups attached to an aromatic ring is 1. The van der Waals surface area contributed by atoms with Crippen LogP contribution in [0.2, 0.25) is 0 Å². The molecule has 0 bridgehead atoms. The van der Waals surface area contributed by atoms with Crippen molar-refractivity contribution in [1.82, 2.24) is 4.90 Å². The summed E-state index contributed by atoms with van der Waals surface area (Å²) in [6.07, 6.45) is 2.16. The Morgan fingerprint density at radius 2 is 1.39 bits per heavy atom.